The van der Waals surface area contributed by atoms with Gasteiger partial charge in [0.05, 0.1) is 0 Å². The smallest absolute Gasteiger partial charge is 0.408 e. The largest absolute Gasteiger partial charge is 0.444 e. The van der Waals surface area contributed by atoms with E-state index in [0.717, 1.165) is 0 Å². The summed E-state index contributed by atoms with van der Waals surface area (Å²) >= 11 is 0. The summed E-state index contributed by atoms with van der Waals surface area (Å²) in [5.74, 6) is -0.177. The van der Waals surface area contributed by atoms with E-state index in [1.165, 1.54) is 0 Å². The molecule has 0 radical (unpaired) electrons. The zero-order chi connectivity index (χ0) is 14.5. The van der Waals surface area contributed by atoms with E-state index >= 15 is 0 Å². The molecule has 0 aromatic heterocycles. The first kappa shape index (κ1) is 15.8. The van der Waals surface area contributed by atoms with Gasteiger partial charge in [-0.25, -0.2) is 4.79 Å². The fourth-order valence-electron chi connectivity index (χ4n) is 1.96. The maximum Gasteiger partial charge on any atom is 0.408 e. The van der Waals surface area contributed by atoms with E-state index < -0.39 is 17.2 Å². The van der Waals surface area contributed by atoms with Crippen molar-refractivity contribution >= 4 is 12.0 Å². The second-order valence-electron chi connectivity index (χ2n) is 5.68. The lowest BCUT2D eigenvalue weighted by Gasteiger charge is -2.36. The summed E-state index contributed by atoms with van der Waals surface area (Å²) in [7, 11) is 0. The van der Waals surface area contributed by atoms with Crippen LogP contribution in [0.5, 0.6) is 0 Å². The van der Waals surface area contributed by atoms with Gasteiger partial charge in [-0.2, -0.15) is 0 Å². The van der Waals surface area contributed by atoms with Crippen molar-refractivity contribution in [3.63, 3.8) is 0 Å². The number of ether oxygens (including phenoxy) is 2. The third-order valence-corrected chi connectivity index (χ3v) is 2.86. The minimum atomic E-state index is -0.920. The van der Waals surface area contributed by atoms with Crippen molar-refractivity contribution in [1.82, 2.24) is 10.6 Å². The summed E-state index contributed by atoms with van der Waals surface area (Å²) in [5.41, 5.74) is -1.51. The Morgan fingerprint density at radius 3 is 2.32 bits per heavy atom. The summed E-state index contributed by atoms with van der Waals surface area (Å²) in [6, 6.07) is 0. The molecule has 0 aromatic rings. The van der Waals surface area contributed by atoms with Crippen LogP contribution in [-0.4, -0.2) is 42.9 Å². The minimum Gasteiger partial charge on any atom is -0.444 e. The normalized spacial score (nSPS) is 18.5. The molecule has 1 fully saturated rings. The van der Waals surface area contributed by atoms with Crippen LogP contribution in [0, 0.1) is 0 Å². The van der Waals surface area contributed by atoms with Crippen LogP contribution in [0.1, 0.15) is 40.5 Å². The average Bonchev–Trinajstić information content (AvgIpc) is 2.27. The van der Waals surface area contributed by atoms with Gasteiger partial charge in [0.2, 0.25) is 5.91 Å². The summed E-state index contributed by atoms with van der Waals surface area (Å²) < 4.78 is 10.5. The number of carbonyl (C=O) groups is 2. The van der Waals surface area contributed by atoms with Crippen LogP contribution >= 0.6 is 0 Å². The summed E-state index contributed by atoms with van der Waals surface area (Å²) in [4.78, 5) is 24.1. The molecule has 110 valence electrons. The fourth-order valence-corrected chi connectivity index (χ4v) is 1.96. The highest BCUT2D eigenvalue weighted by Gasteiger charge is 2.42. The van der Waals surface area contributed by atoms with Crippen molar-refractivity contribution in [1.29, 1.82) is 0 Å². The summed E-state index contributed by atoms with van der Waals surface area (Å²) in [5, 5.41) is 5.48. The van der Waals surface area contributed by atoms with Gasteiger partial charge in [0.25, 0.3) is 0 Å². The molecule has 1 rings (SSSR count). The molecule has 0 bridgehead atoms. The van der Waals surface area contributed by atoms with Crippen LogP contribution in [0.25, 0.3) is 0 Å². The Balaban J connectivity index is 2.74. The van der Waals surface area contributed by atoms with E-state index in [0.29, 0.717) is 32.6 Å². The van der Waals surface area contributed by atoms with Crippen LogP contribution in [0.3, 0.4) is 0 Å². The standard InChI is InChI=1S/C13H24N2O4/c1-5-14-10(16)13(6-8-18-9-7-13)15-11(17)19-12(2,3)4/h5-9H2,1-4H3,(H,14,16)(H,15,17). The number of amides is 2. The highest BCUT2D eigenvalue weighted by molar-refractivity contribution is 5.90. The van der Waals surface area contributed by atoms with Gasteiger partial charge in [0.15, 0.2) is 0 Å². The van der Waals surface area contributed by atoms with E-state index in [9.17, 15) is 9.59 Å². The van der Waals surface area contributed by atoms with E-state index in [-0.39, 0.29) is 5.91 Å². The van der Waals surface area contributed by atoms with Crippen molar-refractivity contribution < 1.29 is 19.1 Å². The first-order valence-electron chi connectivity index (χ1n) is 6.66. The van der Waals surface area contributed by atoms with Gasteiger partial charge in [-0.15, -0.1) is 0 Å². The maximum atomic E-state index is 12.2. The molecule has 1 heterocycles. The molecule has 2 amide bonds. The third-order valence-electron chi connectivity index (χ3n) is 2.86. The van der Waals surface area contributed by atoms with Gasteiger partial charge in [0.1, 0.15) is 11.1 Å². The number of rotatable bonds is 3. The lowest BCUT2D eigenvalue weighted by atomic mass is 9.89. The molecule has 19 heavy (non-hydrogen) atoms. The zero-order valence-electron chi connectivity index (χ0n) is 12.2. The molecule has 0 unspecified atom stereocenters. The maximum absolute atomic E-state index is 12.2. The quantitative estimate of drug-likeness (QED) is 0.809. The highest BCUT2D eigenvalue weighted by atomic mass is 16.6. The lowest BCUT2D eigenvalue weighted by molar-refractivity contribution is -0.131. The first-order valence-corrected chi connectivity index (χ1v) is 6.66. The molecular weight excluding hydrogens is 248 g/mol. The zero-order valence-corrected chi connectivity index (χ0v) is 12.2. The van der Waals surface area contributed by atoms with Crippen LogP contribution in [0.15, 0.2) is 0 Å². The van der Waals surface area contributed by atoms with E-state index in [1.54, 1.807) is 20.8 Å². The van der Waals surface area contributed by atoms with Gasteiger partial charge in [-0.05, 0) is 27.7 Å². The average molecular weight is 272 g/mol. The number of hydrogen-bond acceptors (Lipinski definition) is 4. The molecule has 1 aliphatic rings. The molecule has 2 N–H and O–H groups in total. The van der Waals surface area contributed by atoms with E-state index in [1.807, 2.05) is 6.92 Å². The molecule has 0 aromatic carbocycles. The Labute approximate surface area is 114 Å². The Bertz CT molecular complexity index is 330. The van der Waals surface area contributed by atoms with Crippen molar-refractivity contribution in [3.05, 3.63) is 0 Å². The summed E-state index contributed by atoms with van der Waals surface area (Å²) in [6.45, 7) is 8.63. The molecule has 0 atom stereocenters. The Morgan fingerprint density at radius 2 is 1.84 bits per heavy atom. The lowest BCUT2D eigenvalue weighted by Crippen LogP contribution is -2.61. The van der Waals surface area contributed by atoms with Crippen LogP contribution < -0.4 is 10.6 Å². The molecule has 1 saturated heterocycles. The van der Waals surface area contributed by atoms with Crippen molar-refractivity contribution in [3.8, 4) is 0 Å². The topological polar surface area (TPSA) is 76.7 Å². The number of likely N-dealkylation sites (N-methyl/N-ethyl adjacent to an activating group) is 1. The molecule has 6 heteroatoms. The molecule has 1 aliphatic heterocycles. The Morgan fingerprint density at radius 1 is 1.26 bits per heavy atom. The Hall–Kier alpha value is -1.30. The molecule has 0 spiro atoms. The van der Waals surface area contributed by atoms with Gasteiger partial charge in [0, 0.05) is 32.6 Å². The Kier molecular flexibility index (Phi) is 5.17. The molecular formula is C13H24N2O4. The number of hydrogen-bond donors (Lipinski definition) is 2. The predicted molar refractivity (Wildman–Crippen MR) is 70.8 cm³/mol. The monoisotopic (exact) mass is 272 g/mol. The van der Waals surface area contributed by atoms with Gasteiger partial charge >= 0.3 is 6.09 Å². The first-order chi connectivity index (χ1) is 8.79. The van der Waals surface area contributed by atoms with Gasteiger partial charge in [-0.3, -0.25) is 4.79 Å². The van der Waals surface area contributed by atoms with Crippen LogP contribution in [0.4, 0.5) is 4.79 Å². The van der Waals surface area contributed by atoms with Crippen LogP contribution in [-0.2, 0) is 14.3 Å². The molecule has 6 nitrogen and oxygen atoms in total. The third kappa shape index (κ3) is 4.70. The second kappa shape index (κ2) is 6.23. The predicted octanol–water partition coefficient (Wildman–Crippen LogP) is 1.20. The number of carbonyl (C=O) groups excluding carboxylic acids is 2. The number of alkyl carbamates (subject to hydrolysis) is 1. The van der Waals surface area contributed by atoms with Crippen molar-refractivity contribution in [2.24, 2.45) is 0 Å². The van der Waals surface area contributed by atoms with Crippen molar-refractivity contribution in [2.75, 3.05) is 19.8 Å². The SMILES string of the molecule is CCNC(=O)C1(NC(=O)OC(C)(C)C)CCOCC1. The molecule has 0 aliphatic carbocycles. The highest BCUT2D eigenvalue weighted by Crippen LogP contribution is 2.22. The van der Waals surface area contributed by atoms with Gasteiger partial charge in [-0.1, -0.05) is 0 Å². The second-order valence-corrected chi connectivity index (χ2v) is 5.68. The van der Waals surface area contributed by atoms with Gasteiger partial charge < -0.3 is 20.1 Å². The number of nitrogens with one attached hydrogen (secondary N) is 2. The minimum absolute atomic E-state index is 0.177. The van der Waals surface area contributed by atoms with E-state index in [2.05, 4.69) is 10.6 Å². The molecule has 0 saturated carbocycles. The van der Waals surface area contributed by atoms with E-state index in [4.69, 9.17) is 9.47 Å². The fraction of sp³-hybridized carbons (Fsp3) is 0.846. The van der Waals surface area contributed by atoms with Crippen LogP contribution in [0.2, 0.25) is 0 Å². The summed E-state index contributed by atoms with van der Waals surface area (Å²) in [6.07, 6.45) is 0.344. The van der Waals surface area contributed by atoms with Crippen molar-refractivity contribution in [2.45, 2.75) is 51.7 Å².